The highest BCUT2D eigenvalue weighted by molar-refractivity contribution is 8.00. The van der Waals surface area contributed by atoms with Crippen LogP contribution in [-0.2, 0) is 10.5 Å². The van der Waals surface area contributed by atoms with Crippen LogP contribution < -0.4 is 10.1 Å². The van der Waals surface area contributed by atoms with Crippen molar-refractivity contribution in [3.8, 4) is 5.75 Å². The van der Waals surface area contributed by atoms with Gasteiger partial charge in [-0.25, -0.2) is 0 Å². The van der Waals surface area contributed by atoms with Crippen molar-refractivity contribution in [1.82, 2.24) is 10.2 Å². The van der Waals surface area contributed by atoms with Gasteiger partial charge in [-0.2, -0.15) is 0 Å². The molecule has 0 atom stereocenters. The van der Waals surface area contributed by atoms with Crippen molar-refractivity contribution in [1.29, 1.82) is 0 Å². The van der Waals surface area contributed by atoms with Crippen molar-refractivity contribution in [2.45, 2.75) is 17.0 Å². The van der Waals surface area contributed by atoms with Gasteiger partial charge < -0.3 is 4.74 Å². The highest BCUT2D eigenvalue weighted by Gasteiger charge is 2.10. The second-order valence-corrected chi connectivity index (χ2v) is 8.08. The van der Waals surface area contributed by atoms with Gasteiger partial charge in [-0.05, 0) is 30.7 Å². The zero-order valence-corrected chi connectivity index (χ0v) is 16.3. The lowest BCUT2D eigenvalue weighted by molar-refractivity contribution is -0.118. The monoisotopic (exact) mass is 405 g/mol. The molecule has 0 aliphatic rings. The Labute approximate surface area is 164 Å². The number of benzene rings is 2. The Bertz CT molecular complexity index is 884. The van der Waals surface area contributed by atoms with Gasteiger partial charge in [0.05, 0.1) is 0 Å². The molecule has 2 aromatic carbocycles. The normalized spacial score (nSPS) is 10.5. The van der Waals surface area contributed by atoms with Crippen LogP contribution in [0.3, 0.4) is 0 Å². The molecular weight excluding hydrogens is 390 g/mol. The lowest BCUT2D eigenvalue weighted by Gasteiger charge is -2.05. The number of rotatable bonds is 7. The summed E-state index contributed by atoms with van der Waals surface area (Å²) in [4.78, 5) is 12.0. The Morgan fingerprint density at radius 1 is 1.23 bits per heavy atom. The first-order chi connectivity index (χ1) is 12.6. The van der Waals surface area contributed by atoms with E-state index in [4.69, 9.17) is 16.3 Å². The molecule has 0 radical (unpaired) electrons. The zero-order chi connectivity index (χ0) is 18.4. The lowest BCUT2D eigenvalue weighted by Crippen LogP contribution is -2.20. The molecule has 3 aromatic rings. The second kappa shape index (κ2) is 9.02. The van der Waals surface area contributed by atoms with E-state index in [1.54, 1.807) is 36.0 Å². The fourth-order valence-corrected chi connectivity index (χ4v) is 3.91. The maximum absolute atomic E-state index is 12.0. The SMILES string of the molecule is Cc1ccc(CSc2nnc(NC(=O)COc3cccc(Cl)c3)s2)cc1. The number of carbonyl (C=O) groups excluding carboxylic acids is 1. The van der Waals surface area contributed by atoms with E-state index in [1.807, 2.05) is 0 Å². The van der Waals surface area contributed by atoms with E-state index in [9.17, 15) is 4.79 Å². The third-order valence-electron chi connectivity index (χ3n) is 3.30. The quantitative estimate of drug-likeness (QED) is 0.451. The van der Waals surface area contributed by atoms with Gasteiger partial charge in [-0.3, -0.25) is 10.1 Å². The Balaban J connectivity index is 1.46. The van der Waals surface area contributed by atoms with Crippen molar-refractivity contribution < 1.29 is 9.53 Å². The Morgan fingerprint density at radius 3 is 2.81 bits per heavy atom. The molecule has 26 heavy (non-hydrogen) atoms. The number of aromatic nitrogens is 2. The topological polar surface area (TPSA) is 64.1 Å². The summed E-state index contributed by atoms with van der Waals surface area (Å²) in [7, 11) is 0. The van der Waals surface area contributed by atoms with Crippen LogP contribution in [-0.4, -0.2) is 22.7 Å². The second-order valence-electron chi connectivity index (χ2n) is 5.44. The first-order valence-corrected chi connectivity index (χ1v) is 9.96. The van der Waals surface area contributed by atoms with Gasteiger partial charge in [0.25, 0.3) is 5.91 Å². The van der Waals surface area contributed by atoms with Crippen molar-refractivity contribution in [2.75, 3.05) is 11.9 Å². The Hall–Kier alpha value is -2.09. The number of anilines is 1. The third-order valence-corrected chi connectivity index (χ3v) is 5.58. The predicted octanol–water partition coefficient (Wildman–Crippen LogP) is 4.81. The molecule has 5 nitrogen and oxygen atoms in total. The maximum Gasteiger partial charge on any atom is 0.264 e. The predicted molar refractivity (Wildman–Crippen MR) is 106 cm³/mol. The highest BCUT2D eigenvalue weighted by Crippen LogP contribution is 2.28. The van der Waals surface area contributed by atoms with Gasteiger partial charge in [0, 0.05) is 10.8 Å². The Kier molecular flexibility index (Phi) is 6.49. The lowest BCUT2D eigenvalue weighted by atomic mass is 10.2. The maximum atomic E-state index is 12.0. The summed E-state index contributed by atoms with van der Waals surface area (Å²) in [5.74, 6) is 1.05. The molecule has 0 aliphatic carbocycles. The third kappa shape index (κ3) is 5.72. The van der Waals surface area contributed by atoms with Crippen LogP contribution in [0.5, 0.6) is 5.75 Å². The molecule has 0 saturated heterocycles. The summed E-state index contributed by atoms with van der Waals surface area (Å²) >= 11 is 8.80. The number of nitrogens with zero attached hydrogens (tertiary/aromatic N) is 2. The minimum Gasteiger partial charge on any atom is -0.484 e. The number of nitrogens with one attached hydrogen (secondary N) is 1. The van der Waals surface area contributed by atoms with Crippen LogP contribution in [0.1, 0.15) is 11.1 Å². The van der Waals surface area contributed by atoms with Gasteiger partial charge >= 0.3 is 0 Å². The van der Waals surface area contributed by atoms with Crippen molar-refractivity contribution in [2.24, 2.45) is 0 Å². The van der Waals surface area contributed by atoms with Crippen LogP contribution >= 0.6 is 34.7 Å². The molecule has 1 heterocycles. The van der Waals surface area contributed by atoms with E-state index in [1.165, 1.54) is 22.5 Å². The molecule has 8 heteroatoms. The molecule has 3 rings (SSSR count). The number of amides is 1. The van der Waals surface area contributed by atoms with Crippen LogP contribution in [0.4, 0.5) is 5.13 Å². The van der Waals surface area contributed by atoms with E-state index >= 15 is 0 Å². The molecule has 1 aromatic heterocycles. The van der Waals surface area contributed by atoms with Gasteiger partial charge in [0.15, 0.2) is 10.9 Å². The summed E-state index contributed by atoms with van der Waals surface area (Å²) < 4.78 is 6.20. The molecule has 0 aliphatic heterocycles. The molecular formula is C18H16ClN3O2S2. The fourth-order valence-electron chi connectivity index (χ4n) is 2.01. The van der Waals surface area contributed by atoms with Crippen LogP contribution in [0.2, 0.25) is 5.02 Å². The summed E-state index contributed by atoms with van der Waals surface area (Å²) in [6.45, 7) is 1.94. The number of thioether (sulfide) groups is 1. The summed E-state index contributed by atoms with van der Waals surface area (Å²) in [6.07, 6.45) is 0. The molecule has 134 valence electrons. The summed E-state index contributed by atoms with van der Waals surface area (Å²) in [6, 6.07) is 15.3. The number of ether oxygens (including phenoxy) is 1. The van der Waals surface area contributed by atoms with E-state index in [0.29, 0.717) is 15.9 Å². The number of hydrogen-bond donors (Lipinski definition) is 1. The van der Waals surface area contributed by atoms with Gasteiger partial charge in [0.2, 0.25) is 5.13 Å². The molecule has 0 unspecified atom stereocenters. The van der Waals surface area contributed by atoms with E-state index in [0.717, 1.165) is 10.1 Å². The fraction of sp³-hybridized carbons (Fsp3) is 0.167. The summed E-state index contributed by atoms with van der Waals surface area (Å²) in [5.41, 5.74) is 2.45. The van der Waals surface area contributed by atoms with Crippen LogP contribution in [0.15, 0.2) is 52.9 Å². The number of halogens is 1. The molecule has 0 fully saturated rings. The molecule has 0 saturated carbocycles. The van der Waals surface area contributed by atoms with E-state index in [2.05, 4.69) is 46.7 Å². The standard InChI is InChI=1S/C18H16ClN3O2S2/c1-12-5-7-13(8-6-12)11-25-18-22-21-17(26-18)20-16(23)10-24-15-4-2-3-14(19)9-15/h2-9H,10-11H2,1H3,(H,20,21,23). The minimum atomic E-state index is -0.295. The Morgan fingerprint density at radius 2 is 2.04 bits per heavy atom. The number of carbonyl (C=O) groups is 1. The molecule has 0 spiro atoms. The first kappa shape index (κ1) is 18.7. The van der Waals surface area contributed by atoms with Gasteiger partial charge in [-0.15, -0.1) is 10.2 Å². The molecule has 1 N–H and O–H groups in total. The smallest absolute Gasteiger partial charge is 0.264 e. The van der Waals surface area contributed by atoms with Crippen molar-refractivity contribution in [3.05, 3.63) is 64.7 Å². The van der Waals surface area contributed by atoms with Crippen molar-refractivity contribution in [3.63, 3.8) is 0 Å². The molecule has 1 amide bonds. The average molecular weight is 406 g/mol. The van der Waals surface area contributed by atoms with Gasteiger partial charge in [-0.1, -0.05) is 70.6 Å². The number of hydrogen-bond acceptors (Lipinski definition) is 6. The largest absolute Gasteiger partial charge is 0.484 e. The van der Waals surface area contributed by atoms with E-state index < -0.39 is 0 Å². The zero-order valence-electron chi connectivity index (χ0n) is 13.9. The van der Waals surface area contributed by atoms with Crippen molar-refractivity contribution >= 4 is 45.7 Å². The summed E-state index contributed by atoms with van der Waals surface area (Å²) in [5, 5.41) is 11.8. The minimum absolute atomic E-state index is 0.119. The highest BCUT2D eigenvalue weighted by atomic mass is 35.5. The molecule has 0 bridgehead atoms. The number of aryl methyl sites for hydroxylation is 1. The average Bonchev–Trinajstić information content (AvgIpc) is 3.07. The van der Waals surface area contributed by atoms with E-state index in [-0.39, 0.29) is 12.5 Å². The first-order valence-electron chi connectivity index (χ1n) is 7.78. The van der Waals surface area contributed by atoms with Crippen LogP contribution in [0, 0.1) is 6.92 Å². The van der Waals surface area contributed by atoms with Gasteiger partial charge in [0.1, 0.15) is 5.75 Å². The van der Waals surface area contributed by atoms with Crippen LogP contribution in [0.25, 0.3) is 0 Å².